The topological polar surface area (TPSA) is 62.9 Å². The molecule has 0 saturated carbocycles. The molecule has 148 valence electrons. The van der Waals surface area contributed by atoms with Crippen LogP contribution in [0.2, 0.25) is 0 Å². The average Bonchev–Trinajstić information content (AvgIpc) is 3.09. The van der Waals surface area contributed by atoms with Gasteiger partial charge in [-0.05, 0) is 31.2 Å². The maximum Gasteiger partial charge on any atom is 0.216 e. The highest BCUT2D eigenvalue weighted by Crippen LogP contribution is 2.22. The van der Waals surface area contributed by atoms with E-state index < -0.39 is 0 Å². The van der Waals surface area contributed by atoms with Crippen molar-refractivity contribution in [1.29, 1.82) is 0 Å². The van der Waals surface area contributed by atoms with Crippen molar-refractivity contribution in [2.75, 3.05) is 26.7 Å². The molecule has 2 aromatic rings. The third kappa shape index (κ3) is 6.58. The van der Waals surface area contributed by atoms with Gasteiger partial charge in [-0.2, -0.15) is 0 Å². The Hall–Kier alpha value is -2.57. The van der Waals surface area contributed by atoms with Crippen molar-refractivity contribution in [3.05, 3.63) is 47.9 Å². The first-order valence-electron chi connectivity index (χ1n) is 9.12. The highest BCUT2D eigenvalue weighted by atomic mass is 19.1. The minimum absolute atomic E-state index is 0.0754. The second-order valence-corrected chi connectivity index (χ2v) is 7.26. The Morgan fingerprint density at radius 3 is 2.59 bits per heavy atom. The predicted octanol–water partition coefficient (Wildman–Crippen LogP) is 3.59. The fourth-order valence-corrected chi connectivity index (χ4v) is 2.28. The lowest BCUT2D eigenvalue weighted by Crippen LogP contribution is -2.40. The molecule has 7 heteroatoms. The molecular weight excluding hydrogens is 347 g/mol. The van der Waals surface area contributed by atoms with Gasteiger partial charge in [-0.1, -0.05) is 20.8 Å². The first-order chi connectivity index (χ1) is 12.8. The lowest BCUT2D eigenvalue weighted by atomic mass is 9.94. The van der Waals surface area contributed by atoms with Crippen LogP contribution in [0.1, 0.15) is 39.3 Å². The van der Waals surface area contributed by atoms with Gasteiger partial charge in [0.15, 0.2) is 5.96 Å². The molecule has 1 N–H and O–H groups in total. The fraction of sp³-hybridized carbons (Fsp3) is 0.500. The zero-order chi connectivity index (χ0) is 19.9. The van der Waals surface area contributed by atoms with Crippen LogP contribution in [0, 0.1) is 5.82 Å². The number of halogens is 1. The number of hydrogen-bond acceptors (Lipinski definition) is 4. The number of aromatic nitrogens is 1. The van der Waals surface area contributed by atoms with Crippen LogP contribution < -0.4 is 10.1 Å². The zero-order valence-corrected chi connectivity index (χ0v) is 16.8. The maximum atomic E-state index is 12.9. The molecule has 0 fully saturated rings. The van der Waals surface area contributed by atoms with Crippen LogP contribution in [-0.4, -0.2) is 42.6 Å². The van der Waals surface area contributed by atoms with Crippen molar-refractivity contribution < 1.29 is 13.5 Å². The highest BCUT2D eigenvalue weighted by molar-refractivity contribution is 5.79. The summed E-state index contributed by atoms with van der Waals surface area (Å²) in [5.74, 6) is 2.55. The molecule has 27 heavy (non-hydrogen) atoms. The van der Waals surface area contributed by atoms with E-state index in [0.717, 1.165) is 18.3 Å². The number of hydrogen-bond donors (Lipinski definition) is 1. The average molecular weight is 376 g/mol. The van der Waals surface area contributed by atoms with Crippen molar-refractivity contribution in [2.24, 2.45) is 4.99 Å². The summed E-state index contributed by atoms with van der Waals surface area (Å²) in [4.78, 5) is 10.9. The number of nitrogens with one attached hydrogen (secondary N) is 1. The predicted molar refractivity (Wildman–Crippen MR) is 105 cm³/mol. The summed E-state index contributed by atoms with van der Waals surface area (Å²) in [6.07, 6.45) is 1.76. The fourth-order valence-electron chi connectivity index (χ4n) is 2.28. The molecule has 0 aliphatic carbocycles. The van der Waals surface area contributed by atoms with Crippen LogP contribution in [0.15, 0.2) is 39.9 Å². The number of rotatable bonds is 7. The van der Waals surface area contributed by atoms with E-state index in [1.165, 1.54) is 12.1 Å². The lowest BCUT2D eigenvalue weighted by molar-refractivity contribution is 0.281. The van der Waals surface area contributed by atoms with Gasteiger partial charge in [0.05, 0.1) is 12.7 Å². The van der Waals surface area contributed by atoms with Crippen molar-refractivity contribution in [2.45, 2.75) is 39.7 Å². The molecule has 1 heterocycles. The van der Waals surface area contributed by atoms with Crippen molar-refractivity contribution in [3.63, 3.8) is 0 Å². The maximum absolute atomic E-state index is 12.9. The highest BCUT2D eigenvalue weighted by Gasteiger charge is 2.19. The number of likely N-dealkylation sites (N-methyl/N-ethyl adjacent to an activating group) is 1. The Bertz CT molecular complexity index is 735. The van der Waals surface area contributed by atoms with Gasteiger partial charge in [0.1, 0.15) is 30.5 Å². The van der Waals surface area contributed by atoms with E-state index in [-0.39, 0.29) is 11.2 Å². The molecule has 0 saturated heterocycles. The van der Waals surface area contributed by atoms with Crippen molar-refractivity contribution >= 4 is 5.96 Å². The molecule has 2 rings (SSSR count). The van der Waals surface area contributed by atoms with Gasteiger partial charge in [-0.25, -0.2) is 14.4 Å². The van der Waals surface area contributed by atoms with Crippen LogP contribution in [0.5, 0.6) is 5.75 Å². The third-order valence-corrected chi connectivity index (χ3v) is 3.86. The molecule has 0 amide bonds. The Kier molecular flexibility index (Phi) is 7.21. The summed E-state index contributed by atoms with van der Waals surface area (Å²) in [6.45, 7) is 10.5. The largest absolute Gasteiger partial charge is 0.492 e. The summed E-state index contributed by atoms with van der Waals surface area (Å²) < 4.78 is 24.3. The zero-order valence-electron chi connectivity index (χ0n) is 16.8. The van der Waals surface area contributed by atoms with E-state index in [1.54, 1.807) is 18.3 Å². The van der Waals surface area contributed by atoms with Gasteiger partial charge in [0, 0.05) is 19.0 Å². The summed E-state index contributed by atoms with van der Waals surface area (Å²) in [5.41, 5.74) is -0.0754. The van der Waals surface area contributed by atoms with Gasteiger partial charge in [-0.3, -0.25) is 0 Å². The lowest BCUT2D eigenvalue weighted by Gasteiger charge is -2.22. The normalized spacial score (nSPS) is 12.1. The van der Waals surface area contributed by atoms with Gasteiger partial charge in [0.25, 0.3) is 0 Å². The van der Waals surface area contributed by atoms with Gasteiger partial charge >= 0.3 is 0 Å². The van der Waals surface area contributed by atoms with Crippen LogP contribution >= 0.6 is 0 Å². The van der Waals surface area contributed by atoms with E-state index >= 15 is 0 Å². The number of oxazole rings is 1. The van der Waals surface area contributed by atoms with Crippen molar-refractivity contribution in [3.8, 4) is 5.75 Å². The minimum Gasteiger partial charge on any atom is -0.492 e. The molecule has 0 spiro atoms. The smallest absolute Gasteiger partial charge is 0.216 e. The van der Waals surface area contributed by atoms with Gasteiger partial charge in [-0.15, -0.1) is 0 Å². The summed E-state index contributed by atoms with van der Waals surface area (Å²) in [6, 6.07) is 5.99. The molecule has 0 atom stereocenters. The molecule has 1 aromatic carbocycles. The van der Waals surface area contributed by atoms with E-state index in [4.69, 9.17) is 9.15 Å². The van der Waals surface area contributed by atoms with Crippen LogP contribution in [-0.2, 0) is 12.0 Å². The third-order valence-electron chi connectivity index (χ3n) is 3.86. The molecular formula is C20H29FN4O2. The van der Waals surface area contributed by atoms with Crippen LogP contribution in [0.3, 0.4) is 0 Å². The number of benzene rings is 1. The molecule has 0 unspecified atom stereocenters. The molecule has 0 bridgehead atoms. The second kappa shape index (κ2) is 9.39. The number of nitrogens with zero attached hydrogens (tertiary/aromatic N) is 3. The van der Waals surface area contributed by atoms with Crippen LogP contribution in [0.25, 0.3) is 0 Å². The Balaban J connectivity index is 1.91. The molecule has 0 radical (unpaired) electrons. The number of aliphatic imine (C=N–C) groups is 1. The van der Waals surface area contributed by atoms with E-state index in [0.29, 0.717) is 31.3 Å². The molecule has 1 aromatic heterocycles. The SMILES string of the molecule is CCNC(=NCc1ncc(C(C)(C)C)o1)N(C)CCOc1ccc(F)cc1. The van der Waals surface area contributed by atoms with Gasteiger partial charge in [0.2, 0.25) is 5.89 Å². The minimum atomic E-state index is -0.276. The number of ether oxygens (including phenoxy) is 1. The summed E-state index contributed by atoms with van der Waals surface area (Å²) in [7, 11) is 1.94. The Morgan fingerprint density at radius 2 is 2.00 bits per heavy atom. The molecule has 0 aliphatic heterocycles. The number of guanidine groups is 1. The van der Waals surface area contributed by atoms with Gasteiger partial charge < -0.3 is 19.4 Å². The molecule has 6 nitrogen and oxygen atoms in total. The Morgan fingerprint density at radius 1 is 1.30 bits per heavy atom. The quantitative estimate of drug-likeness (QED) is 0.591. The summed E-state index contributed by atoms with van der Waals surface area (Å²) in [5, 5.41) is 3.25. The second-order valence-electron chi connectivity index (χ2n) is 7.26. The first-order valence-corrected chi connectivity index (χ1v) is 9.12. The first kappa shape index (κ1) is 20.7. The standard InChI is InChI=1S/C20H29FN4O2/c1-6-22-19(24-14-18-23-13-17(27-18)20(2,3)4)25(5)11-12-26-16-9-7-15(21)8-10-16/h7-10,13H,6,11-12,14H2,1-5H3,(H,22,24). The van der Waals surface area contributed by atoms with E-state index in [2.05, 4.69) is 36.1 Å². The summed E-state index contributed by atoms with van der Waals surface area (Å²) >= 11 is 0. The van der Waals surface area contributed by atoms with Crippen LogP contribution in [0.4, 0.5) is 4.39 Å². The van der Waals surface area contributed by atoms with E-state index in [9.17, 15) is 4.39 Å². The monoisotopic (exact) mass is 376 g/mol. The van der Waals surface area contributed by atoms with E-state index in [1.807, 2.05) is 18.9 Å². The molecule has 0 aliphatic rings. The Labute approximate surface area is 160 Å². The van der Waals surface area contributed by atoms with Crippen molar-refractivity contribution in [1.82, 2.24) is 15.2 Å².